The maximum absolute atomic E-state index is 11.8. The Hall–Kier alpha value is -5.38. The van der Waals surface area contributed by atoms with Gasteiger partial charge in [0.2, 0.25) is 18.1 Å². The van der Waals surface area contributed by atoms with E-state index in [0.717, 1.165) is 5.56 Å². The third kappa shape index (κ3) is 19.7. The van der Waals surface area contributed by atoms with Crippen LogP contribution < -0.4 is 16.0 Å². The van der Waals surface area contributed by atoms with Crippen molar-refractivity contribution >= 4 is 47.8 Å². The second kappa shape index (κ2) is 26.7. The van der Waals surface area contributed by atoms with Gasteiger partial charge in [-0.25, -0.2) is 4.79 Å². The molecule has 3 N–H and O–H groups in total. The number of benzene rings is 1. The summed E-state index contributed by atoms with van der Waals surface area (Å²) in [6.07, 6.45) is -5.60. The van der Waals surface area contributed by atoms with E-state index in [2.05, 4.69) is 16.0 Å². The lowest BCUT2D eigenvalue weighted by Crippen LogP contribution is -2.63. The number of amides is 3. The first-order chi connectivity index (χ1) is 28.8. The molecule has 0 radical (unpaired) electrons. The number of esters is 5. The molecule has 0 bridgehead atoms. The van der Waals surface area contributed by atoms with E-state index in [1.165, 1.54) is 48.5 Å². The van der Waals surface area contributed by atoms with Gasteiger partial charge in [0.25, 0.3) is 0 Å². The molecular formula is C40H59N3O18. The van der Waals surface area contributed by atoms with Crippen LogP contribution in [0, 0.1) is 11.8 Å². The van der Waals surface area contributed by atoms with Gasteiger partial charge in [-0.15, -0.1) is 0 Å². The molecule has 0 saturated carbocycles. The molecule has 0 aromatic heterocycles. The average molecular weight is 870 g/mol. The number of carbonyl (C=O) groups is 8. The Kier molecular flexibility index (Phi) is 22.7. The van der Waals surface area contributed by atoms with Gasteiger partial charge in [-0.05, 0) is 5.56 Å². The molecule has 61 heavy (non-hydrogen) atoms. The highest BCUT2D eigenvalue weighted by molar-refractivity contribution is 5.74. The lowest BCUT2D eigenvalue weighted by molar-refractivity contribution is -0.261. The summed E-state index contributed by atoms with van der Waals surface area (Å²) in [6, 6.07) is 7.66. The van der Waals surface area contributed by atoms with Crippen molar-refractivity contribution < 1.29 is 85.7 Å². The fourth-order valence-corrected chi connectivity index (χ4v) is 6.18. The second-order valence-corrected chi connectivity index (χ2v) is 14.1. The van der Waals surface area contributed by atoms with Gasteiger partial charge in [0, 0.05) is 66.8 Å². The quantitative estimate of drug-likeness (QED) is 0.106. The predicted molar refractivity (Wildman–Crippen MR) is 208 cm³/mol. The van der Waals surface area contributed by atoms with Gasteiger partial charge in [-0.1, -0.05) is 44.2 Å². The van der Waals surface area contributed by atoms with Gasteiger partial charge in [0.1, 0.15) is 56.3 Å². The van der Waals surface area contributed by atoms with E-state index < -0.39 is 103 Å². The number of alkyl carbamates (subject to hydrolysis) is 1. The maximum atomic E-state index is 11.8. The van der Waals surface area contributed by atoms with Crippen LogP contribution in [0.5, 0.6) is 0 Å². The van der Waals surface area contributed by atoms with Crippen molar-refractivity contribution in [2.75, 3.05) is 39.6 Å². The Morgan fingerprint density at radius 3 is 1.51 bits per heavy atom. The molecule has 21 heteroatoms. The standard InChI is InChI=1S/C25H36N2O10.C15H23NO8/c1-16-21(15-34-18(3)29)37-24(22(27-17(2)28)23(16)36-19(4)30)33-13-12-32-11-10-26-25(31)35-14-20-8-6-5-7-9-20;1-7-12(6-21-9(3)18)24-15(23-11(5)20)13(16-8(2)17)14(7)22-10(4)19/h5-9,16,21-24H,10-15H2,1-4H3,(H,26,31)(H,27,28);7,12-15H,6H2,1-5H3,(H,16,17)/t16-,21+,22+,23-,24+;7-,12+,13+,14-,15+/m00/s1. The Morgan fingerprint density at radius 1 is 0.574 bits per heavy atom. The lowest BCUT2D eigenvalue weighted by Gasteiger charge is -2.44. The molecular weight excluding hydrogens is 810 g/mol. The van der Waals surface area contributed by atoms with E-state index in [4.69, 9.17) is 47.4 Å². The highest BCUT2D eigenvalue weighted by atomic mass is 16.7. The highest BCUT2D eigenvalue weighted by Gasteiger charge is 2.49. The van der Waals surface area contributed by atoms with Crippen LogP contribution >= 0.6 is 0 Å². The molecule has 21 nitrogen and oxygen atoms in total. The average Bonchev–Trinajstić information content (AvgIpc) is 3.17. The van der Waals surface area contributed by atoms with Gasteiger partial charge >= 0.3 is 35.9 Å². The van der Waals surface area contributed by atoms with Crippen molar-refractivity contribution in [1.29, 1.82) is 0 Å². The van der Waals surface area contributed by atoms with E-state index in [-0.39, 0.29) is 52.1 Å². The van der Waals surface area contributed by atoms with Crippen LogP contribution in [0.25, 0.3) is 0 Å². The van der Waals surface area contributed by atoms with Gasteiger partial charge in [0.15, 0.2) is 6.29 Å². The molecule has 2 heterocycles. The number of rotatable bonds is 18. The first-order valence-electron chi connectivity index (χ1n) is 19.6. The number of hydrogen-bond donors (Lipinski definition) is 3. The zero-order valence-corrected chi connectivity index (χ0v) is 36.0. The number of ether oxygens (including phenoxy) is 10. The van der Waals surface area contributed by atoms with Gasteiger partial charge in [-0.2, -0.15) is 0 Å². The monoisotopic (exact) mass is 869 g/mol. The molecule has 3 rings (SSSR count). The minimum Gasteiger partial charge on any atom is -0.463 e. The van der Waals surface area contributed by atoms with E-state index >= 15 is 0 Å². The summed E-state index contributed by atoms with van der Waals surface area (Å²) in [5.41, 5.74) is 0.883. The van der Waals surface area contributed by atoms with Crippen molar-refractivity contribution in [3.05, 3.63) is 35.9 Å². The molecule has 3 amide bonds. The summed E-state index contributed by atoms with van der Waals surface area (Å²) in [6.45, 7) is 13.0. The first-order valence-corrected chi connectivity index (χ1v) is 19.6. The molecule has 0 spiro atoms. The molecule has 10 atom stereocenters. The largest absolute Gasteiger partial charge is 0.463 e. The van der Waals surface area contributed by atoms with E-state index in [0.29, 0.717) is 0 Å². The topological polar surface area (TPSA) is 265 Å². The van der Waals surface area contributed by atoms with Crippen molar-refractivity contribution in [3.63, 3.8) is 0 Å². The summed E-state index contributed by atoms with van der Waals surface area (Å²) in [4.78, 5) is 91.8. The Morgan fingerprint density at radius 2 is 1.05 bits per heavy atom. The van der Waals surface area contributed by atoms with Crippen molar-refractivity contribution in [1.82, 2.24) is 16.0 Å². The van der Waals surface area contributed by atoms with Crippen LogP contribution in [-0.4, -0.2) is 136 Å². The molecule has 0 unspecified atom stereocenters. The van der Waals surface area contributed by atoms with Crippen LogP contribution in [0.3, 0.4) is 0 Å². The zero-order chi connectivity index (χ0) is 45.6. The summed E-state index contributed by atoms with van der Waals surface area (Å²) < 4.78 is 53.9. The molecule has 1 aromatic rings. The molecule has 2 aliphatic rings. The van der Waals surface area contributed by atoms with E-state index in [1.54, 1.807) is 13.8 Å². The van der Waals surface area contributed by atoms with Crippen LogP contribution in [0.2, 0.25) is 0 Å². The van der Waals surface area contributed by atoms with Crippen molar-refractivity contribution in [2.45, 2.75) is 118 Å². The molecule has 342 valence electrons. The van der Waals surface area contributed by atoms with Crippen LogP contribution in [0.15, 0.2) is 30.3 Å². The van der Waals surface area contributed by atoms with Gasteiger partial charge in [0.05, 0.1) is 19.8 Å². The smallest absolute Gasteiger partial charge is 0.407 e. The van der Waals surface area contributed by atoms with Crippen LogP contribution in [0.4, 0.5) is 4.79 Å². The van der Waals surface area contributed by atoms with Gasteiger partial charge in [-0.3, -0.25) is 33.6 Å². The molecule has 2 aliphatic heterocycles. The van der Waals surface area contributed by atoms with E-state index in [9.17, 15) is 38.4 Å². The Labute approximate surface area is 354 Å². The zero-order valence-electron chi connectivity index (χ0n) is 36.0. The fraction of sp³-hybridized carbons (Fsp3) is 0.650. The molecule has 1 aromatic carbocycles. The summed E-state index contributed by atoms with van der Waals surface area (Å²) in [5, 5.41) is 7.90. The predicted octanol–water partition coefficient (Wildman–Crippen LogP) is 1.22. The minimum absolute atomic E-state index is 0.0660. The number of hydrogen-bond acceptors (Lipinski definition) is 18. The second-order valence-electron chi connectivity index (χ2n) is 14.1. The summed E-state index contributed by atoms with van der Waals surface area (Å²) in [7, 11) is 0. The minimum atomic E-state index is -1.17. The van der Waals surface area contributed by atoms with Gasteiger partial charge < -0.3 is 63.3 Å². The maximum Gasteiger partial charge on any atom is 0.407 e. The third-order valence-electron chi connectivity index (χ3n) is 8.89. The first kappa shape index (κ1) is 51.8. The van der Waals surface area contributed by atoms with Crippen LogP contribution in [0.1, 0.15) is 67.9 Å². The van der Waals surface area contributed by atoms with E-state index in [1.807, 2.05) is 30.3 Å². The highest BCUT2D eigenvalue weighted by Crippen LogP contribution is 2.31. The van der Waals surface area contributed by atoms with Crippen molar-refractivity contribution in [2.24, 2.45) is 11.8 Å². The Bertz CT molecular complexity index is 1610. The fourth-order valence-electron chi connectivity index (χ4n) is 6.18. The third-order valence-corrected chi connectivity index (χ3v) is 8.89. The lowest BCUT2D eigenvalue weighted by atomic mass is 9.89. The Balaban J connectivity index is 0.000000461. The number of carbonyl (C=O) groups excluding carboxylic acids is 8. The normalized spacial score (nSPS) is 25.5. The number of nitrogens with one attached hydrogen (secondary N) is 3. The molecule has 0 aliphatic carbocycles. The summed E-state index contributed by atoms with van der Waals surface area (Å²) >= 11 is 0. The van der Waals surface area contributed by atoms with Crippen molar-refractivity contribution in [3.8, 4) is 0 Å². The molecule has 2 fully saturated rings. The summed E-state index contributed by atoms with van der Waals surface area (Å²) in [5.74, 6) is -4.27. The van der Waals surface area contributed by atoms with Crippen LogP contribution in [-0.2, 0) is 87.5 Å². The molecule has 2 saturated heterocycles. The SMILES string of the molecule is CC(=O)N[C@H]1[C@H](OC(C)=O)O[C@H](COC(C)=O)[C@H](C)[C@@H]1OC(C)=O.CC(=O)N[C@H]1[C@H](OCCOCCNC(=O)OCc2ccccc2)O[C@H](COC(C)=O)[C@H](C)[C@@H]1OC(C)=O.